The number of anilines is 2. The second-order valence-electron chi connectivity index (χ2n) is 10.8. The lowest BCUT2D eigenvalue weighted by Crippen LogP contribution is -2.52. The Labute approximate surface area is 202 Å². The molecule has 3 aliphatic heterocycles. The Morgan fingerprint density at radius 3 is 2.79 bits per heavy atom. The summed E-state index contributed by atoms with van der Waals surface area (Å²) in [6.45, 7) is 10.3. The molecular weight excluding hydrogens is 424 g/mol. The predicted octanol–water partition coefficient (Wildman–Crippen LogP) is 4.42. The van der Waals surface area contributed by atoms with E-state index >= 15 is 0 Å². The van der Waals surface area contributed by atoms with Crippen LogP contribution in [0.2, 0.25) is 0 Å². The summed E-state index contributed by atoms with van der Waals surface area (Å²) in [5, 5.41) is 14.8. The van der Waals surface area contributed by atoms with Crippen LogP contribution in [0.1, 0.15) is 37.3 Å². The van der Waals surface area contributed by atoms with Gasteiger partial charge in [-0.05, 0) is 73.9 Å². The first-order valence-electron chi connectivity index (χ1n) is 12.9. The minimum absolute atomic E-state index is 0.232. The fourth-order valence-electron chi connectivity index (χ4n) is 6.56. The molecule has 1 aromatic heterocycles. The van der Waals surface area contributed by atoms with Crippen molar-refractivity contribution < 1.29 is 9.52 Å². The highest BCUT2D eigenvalue weighted by Gasteiger charge is 2.46. The molecule has 4 heterocycles. The molecule has 180 valence electrons. The van der Waals surface area contributed by atoms with Crippen LogP contribution in [-0.4, -0.2) is 60.4 Å². The number of β-amino-alcohol motifs (C(OH)–C–C–N with tert-alkyl or cyclic N) is 1. The third-order valence-electron chi connectivity index (χ3n) is 8.74. The average molecular weight is 461 g/mol. The zero-order valence-electron chi connectivity index (χ0n) is 20.3. The van der Waals surface area contributed by atoms with E-state index in [0.717, 1.165) is 69.6 Å². The summed E-state index contributed by atoms with van der Waals surface area (Å²) in [4.78, 5) is 9.37. The third-order valence-corrected chi connectivity index (χ3v) is 8.74. The standard InChI is InChI=1S/C28H36N4O2/c1-19-7-8-22-24(15-19)29-18-28(22)11-14-31(16-20(28)2)17-25(33)21-9-12-32(13-10-21)27-30-23-5-3-4-6-26(23)34-27/h3-8,15,20-21,25,29,33H,9-14,16-18H2,1-2H3. The number of hydrogen-bond acceptors (Lipinski definition) is 6. The number of oxazole rings is 1. The molecule has 3 aliphatic rings. The number of benzene rings is 2. The van der Waals surface area contributed by atoms with Gasteiger partial charge in [-0.15, -0.1) is 0 Å². The Kier molecular flexibility index (Phi) is 5.53. The van der Waals surface area contributed by atoms with Gasteiger partial charge in [0, 0.05) is 43.8 Å². The van der Waals surface area contributed by atoms with E-state index in [9.17, 15) is 5.11 Å². The van der Waals surface area contributed by atoms with E-state index in [1.54, 1.807) is 0 Å². The Morgan fingerprint density at radius 2 is 2.00 bits per heavy atom. The largest absolute Gasteiger partial charge is 0.423 e. The van der Waals surface area contributed by atoms with Crippen molar-refractivity contribution in [3.63, 3.8) is 0 Å². The number of nitrogens with one attached hydrogen (secondary N) is 1. The summed E-state index contributed by atoms with van der Waals surface area (Å²) < 4.78 is 5.95. The molecular formula is C28H36N4O2. The summed E-state index contributed by atoms with van der Waals surface area (Å²) in [6.07, 6.45) is 2.83. The summed E-state index contributed by atoms with van der Waals surface area (Å²) in [7, 11) is 0. The van der Waals surface area contributed by atoms with Gasteiger partial charge in [0.05, 0.1) is 6.10 Å². The lowest BCUT2D eigenvalue weighted by atomic mass is 9.67. The fraction of sp³-hybridized carbons (Fsp3) is 0.536. The fourth-order valence-corrected chi connectivity index (χ4v) is 6.56. The smallest absolute Gasteiger partial charge is 0.298 e. The average Bonchev–Trinajstić information content (AvgIpc) is 3.44. The van der Waals surface area contributed by atoms with Crippen molar-refractivity contribution in [1.29, 1.82) is 0 Å². The number of aliphatic hydroxyl groups excluding tert-OH is 1. The van der Waals surface area contributed by atoms with Crippen molar-refractivity contribution in [3.8, 4) is 0 Å². The number of para-hydroxylation sites is 2. The lowest BCUT2D eigenvalue weighted by molar-refractivity contribution is 0.0242. The molecule has 0 bridgehead atoms. The SMILES string of the molecule is Cc1ccc2c(c1)NCC21CCN(CC(O)C2CCN(c3nc4ccccc4o3)CC2)CC1C. The molecule has 3 aromatic rings. The van der Waals surface area contributed by atoms with E-state index in [0.29, 0.717) is 17.9 Å². The maximum Gasteiger partial charge on any atom is 0.298 e. The van der Waals surface area contributed by atoms with Gasteiger partial charge in [0.25, 0.3) is 6.01 Å². The topological polar surface area (TPSA) is 64.8 Å². The van der Waals surface area contributed by atoms with E-state index in [-0.39, 0.29) is 11.5 Å². The number of hydrogen-bond donors (Lipinski definition) is 2. The van der Waals surface area contributed by atoms with Crippen molar-refractivity contribution in [2.45, 2.75) is 44.6 Å². The van der Waals surface area contributed by atoms with E-state index in [2.05, 4.69) is 52.1 Å². The molecule has 2 N–H and O–H groups in total. The number of aryl methyl sites for hydroxylation is 1. The molecule has 2 fully saturated rings. The first-order valence-corrected chi connectivity index (χ1v) is 12.9. The Bertz CT molecular complexity index is 1140. The number of aromatic nitrogens is 1. The van der Waals surface area contributed by atoms with Crippen LogP contribution in [0.25, 0.3) is 11.1 Å². The monoisotopic (exact) mass is 460 g/mol. The highest BCUT2D eigenvalue weighted by atomic mass is 16.4. The minimum Gasteiger partial charge on any atom is -0.423 e. The van der Waals surface area contributed by atoms with Gasteiger partial charge in [-0.25, -0.2) is 0 Å². The summed E-state index contributed by atoms with van der Waals surface area (Å²) >= 11 is 0. The van der Waals surface area contributed by atoms with E-state index in [1.807, 2.05) is 24.3 Å². The van der Waals surface area contributed by atoms with Crippen LogP contribution in [0.3, 0.4) is 0 Å². The van der Waals surface area contributed by atoms with Crippen LogP contribution >= 0.6 is 0 Å². The van der Waals surface area contributed by atoms with Crippen molar-refractivity contribution in [3.05, 3.63) is 53.6 Å². The van der Waals surface area contributed by atoms with Crippen LogP contribution in [-0.2, 0) is 5.41 Å². The van der Waals surface area contributed by atoms with Crippen LogP contribution in [0.4, 0.5) is 11.7 Å². The molecule has 0 radical (unpaired) electrons. The number of rotatable bonds is 4. The van der Waals surface area contributed by atoms with Crippen molar-refractivity contribution >= 4 is 22.8 Å². The predicted molar refractivity (Wildman–Crippen MR) is 137 cm³/mol. The van der Waals surface area contributed by atoms with E-state index < -0.39 is 0 Å². The molecule has 34 heavy (non-hydrogen) atoms. The number of fused-ring (bicyclic) bond motifs is 3. The maximum atomic E-state index is 11.1. The maximum absolute atomic E-state index is 11.1. The normalized spacial score (nSPS) is 26.7. The second-order valence-corrected chi connectivity index (χ2v) is 10.8. The Hall–Kier alpha value is -2.57. The quantitative estimate of drug-likeness (QED) is 0.601. The second kappa shape index (κ2) is 8.58. The van der Waals surface area contributed by atoms with Crippen LogP contribution < -0.4 is 10.2 Å². The zero-order valence-corrected chi connectivity index (χ0v) is 20.3. The molecule has 0 aliphatic carbocycles. The summed E-state index contributed by atoms with van der Waals surface area (Å²) in [6, 6.07) is 15.5. The lowest BCUT2D eigenvalue weighted by Gasteiger charge is -2.46. The van der Waals surface area contributed by atoms with Crippen LogP contribution in [0.5, 0.6) is 0 Å². The third kappa shape index (κ3) is 3.77. The van der Waals surface area contributed by atoms with Crippen molar-refractivity contribution in [1.82, 2.24) is 9.88 Å². The number of piperidine rings is 2. The van der Waals surface area contributed by atoms with Gasteiger partial charge in [0.1, 0.15) is 5.52 Å². The zero-order chi connectivity index (χ0) is 23.3. The van der Waals surface area contributed by atoms with E-state index in [1.165, 1.54) is 16.8 Å². The molecule has 3 atom stereocenters. The number of nitrogens with zero attached hydrogens (tertiary/aromatic N) is 3. The minimum atomic E-state index is -0.274. The highest BCUT2D eigenvalue weighted by Crippen LogP contribution is 2.47. The highest BCUT2D eigenvalue weighted by molar-refractivity contribution is 5.74. The first kappa shape index (κ1) is 21.9. The molecule has 6 rings (SSSR count). The molecule has 2 saturated heterocycles. The first-order chi connectivity index (χ1) is 16.5. The number of aliphatic hydroxyl groups is 1. The molecule has 0 amide bonds. The van der Waals surface area contributed by atoms with Crippen LogP contribution in [0.15, 0.2) is 46.9 Å². The Morgan fingerprint density at radius 1 is 1.18 bits per heavy atom. The van der Waals surface area contributed by atoms with Crippen molar-refractivity contribution in [2.24, 2.45) is 11.8 Å². The van der Waals surface area contributed by atoms with Crippen molar-refractivity contribution in [2.75, 3.05) is 49.5 Å². The molecule has 6 nitrogen and oxygen atoms in total. The van der Waals surface area contributed by atoms with Gasteiger partial charge in [0.15, 0.2) is 5.58 Å². The Balaban J connectivity index is 1.04. The van der Waals surface area contributed by atoms with Crippen LogP contribution in [0, 0.1) is 18.8 Å². The number of likely N-dealkylation sites (tertiary alicyclic amines) is 1. The van der Waals surface area contributed by atoms with Gasteiger partial charge in [-0.2, -0.15) is 4.98 Å². The van der Waals surface area contributed by atoms with Gasteiger partial charge in [0.2, 0.25) is 0 Å². The molecule has 0 saturated carbocycles. The van der Waals surface area contributed by atoms with Gasteiger partial charge in [-0.1, -0.05) is 31.2 Å². The van der Waals surface area contributed by atoms with Gasteiger partial charge in [-0.3, -0.25) is 0 Å². The molecule has 1 spiro atoms. The van der Waals surface area contributed by atoms with Gasteiger partial charge < -0.3 is 24.6 Å². The molecule has 6 heteroatoms. The molecule has 3 unspecified atom stereocenters. The summed E-state index contributed by atoms with van der Waals surface area (Å²) in [5.41, 5.74) is 6.12. The van der Waals surface area contributed by atoms with E-state index in [4.69, 9.17) is 4.42 Å². The molecule has 2 aromatic carbocycles. The van der Waals surface area contributed by atoms with Gasteiger partial charge >= 0.3 is 0 Å². The summed E-state index contributed by atoms with van der Waals surface area (Å²) in [5.74, 6) is 0.898.